The largest absolute Gasteiger partial charge is 0.480 e. The average molecular weight is 302 g/mol. The van der Waals surface area contributed by atoms with Crippen molar-refractivity contribution in [1.29, 1.82) is 0 Å². The Morgan fingerprint density at radius 2 is 2.10 bits per heavy atom. The first-order valence-electron chi connectivity index (χ1n) is 5.96. The van der Waals surface area contributed by atoms with Gasteiger partial charge in [0, 0.05) is 13.7 Å². The molecule has 0 spiro atoms. The first-order valence-corrected chi connectivity index (χ1v) is 7.51. The van der Waals surface area contributed by atoms with Crippen LogP contribution in [0.25, 0.3) is 0 Å². The van der Waals surface area contributed by atoms with Gasteiger partial charge in [0.05, 0.1) is 5.69 Å². The van der Waals surface area contributed by atoms with Gasteiger partial charge in [-0.25, -0.2) is 18.4 Å². The molecule has 0 bridgehead atoms. The topological polar surface area (TPSA) is 119 Å². The van der Waals surface area contributed by atoms with Crippen molar-refractivity contribution in [2.45, 2.75) is 23.8 Å². The van der Waals surface area contributed by atoms with Gasteiger partial charge in [-0.3, -0.25) is 0 Å². The van der Waals surface area contributed by atoms with Gasteiger partial charge in [0.25, 0.3) is 0 Å². The summed E-state index contributed by atoms with van der Waals surface area (Å²) in [6, 6.07) is 5.02. The van der Waals surface area contributed by atoms with E-state index in [1.807, 2.05) is 0 Å². The van der Waals surface area contributed by atoms with E-state index in [2.05, 4.69) is 5.32 Å². The van der Waals surface area contributed by atoms with Gasteiger partial charge in [0.1, 0.15) is 10.9 Å². The Labute approximate surface area is 117 Å². The summed E-state index contributed by atoms with van der Waals surface area (Å²) < 4.78 is 27.7. The quantitative estimate of drug-likeness (QED) is 0.606. The molecule has 8 heteroatoms. The first kappa shape index (κ1) is 16.4. The van der Waals surface area contributed by atoms with Crippen molar-refractivity contribution in [3.8, 4) is 0 Å². The molecule has 1 aromatic rings. The molecule has 0 saturated heterocycles. The normalized spacial score (nSPS) is 12.9. The monoisotopic (exact) mass is 302 g/mol. The molecule has 1 aromatic carbocycles. The summed E-state index contributed by atoms with van der Waals surface area (Å²) in [6.07, 6.45) is 0.847. The molecule has 0 heterocycles. The minimum absolute atomic E-state index is 0.127. The second kappa shape index (κ2) is 7.22. The zero-order valence-electron chi connectivity index (χ0n) is 11.1. The van der Waals surface area contributed by atoms with Crippen LogP contribution >= 0.6 is 0 Å². The van der Waals surface area contributed by atoms with Crippen LogP contribution in [0.5, 0.6) is 0 Å². The highest BCUT2D eigenvalue weighted by Crippen LogP contribution is 2.21. The van der Waals surface area contributed by atoms with E-state index in [4.69, 9.17) is 15.0 Å². The van der Waals surface area contributed by atoms with E-state index in [1.165, 1.54) is 25.3 Å². The van der Waals surface area contributed by atoms with Crippen LogP contribution in [0, 0.1) is 0 Å². The number of hydrogen-bond acceptors (Lipinski definition) is 5. The molecule has 0 aliphatic rings. The molecular formula is C12H18N2O5S. The number of carboxylic acids is 1. The number of ether oxygens (including phenoxy) is 1. The Morgan fingerprint density at radius 1 is 1.45 bits per heavy atom. The summed E-state index contributed by atoms with van der Waals surface area (Å²) >= 11 is 0. The molecule has 1 unspecified atom stereocenters. The Kier molecular flexibility index (Phi) is 5.93. The van der Waals surface area contributed by atoms with Gasteiger partial charge in [-0.1, -0.05) is 12.1 Å². The molecule has 0 aliphatic carbocycles. The van der Waals surface area contributed by atoms with Crippen LogP contribution in [0.2, 0.25) is 0 Å². The molecule has 112 valence electrons. The van der Waals surface area contributed by atoms with E-state index < -0.39 is 22.0 Å². The van der Waals surface area contributed by atoms with E-state index >= 15 is 0 Å². The number of hydrogen-bond donors (Lipinski definition) is 3. The number of nitrogens with two attached hydrogens (primary N) is 1. The Morgan fingerprint density at radius 3 is 2.65 bits per heavy atom. The SMILES string of the molecule is COCCCC(Nc1ccccc1S(N)(=O)=O)C(=O)O. The number of para-hydroxylation sites is 1. The molecule has 0 radical (unpaired) electrons. The van der Waals surface area contributed by atoms with E-state index in [1.54, 1.807) is 6.07 Å². The van der Waals surface area contributed by atoms with E-state index in [0.29, 0.717) is 19.4 Å². The molecular weight excluding hydrogens is 284 g/mol. The van der Waals surface area contributed by atoms with Crippen LogP contribution in [0.3, 0.4) is 0 Å². The van der Waals surface area contributed by atoms with Crippen molar-refractivity contribution >= 4 is 21.7 Å². The number of primary sulfonamides is 1. The van der Waals surface area contributed by atoms with Crippen LogP contribution in [0.15, 0.2) is 29.2 Å². The van der Waals surface area contributed by atoms with E-state index in [-0.39, 0.29) is 10.6 Å². The molecule has 1 rings (SSSR count). The molecule has 0 fully saturated rings. The molecule has 0 amide bonds. The van der Waals surface area contributed by atoms with Gasteiger partial charge in [-0.15, -0.1) is 0 Å². The van der Waals surface area contributed by atoms with Gasteiger partial charge in [-0.05, 0) is 25.0 Å². The molecule has 0 aromatic heterocycles. The predicted molar refractivity (Wildman–Crippen MR) is 74.0 cm³/mol. The van der Waals surface area contributed by atoms with Crippen molar-refractivity contribution < 1.29 is 23.1 Å². The van der Waals surface area contributed by atoms with Crippen LogP contribution in [0.1, 0.15) is 12.8 Å². The summed E-state index contributed by atoms with van der Waals surface area (Å²) in [5, 5.41) is 16.9. The average Bonchev–Trinajstić information content (AvgIpc) is 2.37. The van der Waals surface area contributed by atoms with Crippen molar-refractivity contribution in [1.82, 2.24) is 0 Å². The first-order chi connectivity index (χ1) is 9.36. The summed E-state index contributed by atoms with van der Waals surface area (Å²) in [5.74, 6) is -1.06. The summed E-state index contributed by atoms with van der Waals surface area (Å²) in [7, 11) is -2.38. The fraction of sp³-hybridized carbons (Fsp3) is 0.417. The van der Waals surface area contributed by atoms with Crippen molar-refractivity contribution in [2.24, 2.45) is 5.14 Å². The molecule has 0 aliphatic heterocycles. The second-order valence-corrected chi connectivity index (χ2v) is 5.74. The van der Waals surface area contributed by atoms with E-state index in [0.717, 1.165) is 0 Å². The molecule has 4 N–H and O–H groups in total. The van der Waals surface area contributed by atoms with Crippen molar-refractivity contribution in [3.63, 3.8) is 0 Å². The Hall–Kier alpha value is -1.64. The number of methoxy groups -OCH3 is 1. The number of carbonyl (C=O) groups is 1. The maximum absolute atomic E-state index is 11.4. The number of benzene rings is 1. The van der Waals surface area contributed by atoms with Crippen LogP contribution in [0.4, 0.5) is 5.69 Å². The number of rotatable bonds is 8. The second-order valence-electron chi connectivity index (χ2n) is 4.21. The van der Waals surface area contributed by atoms with Gasteiger partial charge in [0.15, 0.2) is 0 Å². The number of aliphatic carboxylic acids is 1. The van der Waals surface area contributed by atoms with Crippen LogP contribution < -0.4 is 10.5 Å². The predicted octanol–water partition coefficient (Wildman–Crippen LogP) is 0.626. The lowest BCUT2D eigenvalue weighted by atomic mass is 10.1. The fourth-order valence-corrected chi connectivity index (χ4v) is 2.41. The van der Waals surface area contributed by atoms with Crippen molar-refractivity contribution in [3.05, 3.63) is 24.3 Å². The molecule has 1 atom stereocenters. The molecule has 7 nitrogen and oxygen atoms in total. The zero-order valence-corrected chi connectivity index (χ0v) is 11.9. The smallest absolute Gasteiger partial charge is 0.326 e. The molecule has 20 heavy (non-hydrogen) atoms. The van der Waals surface area contributed by atoms with Crippen LogP contribution in [-0.4, -0.2) is 39.3 Å². The van der Waals surface area contributed by atoms with E-state index in [9.17, 15) is 13.2 Å². The standard InChI is InChI=1S/C12H18N2O5S/c1-19-8-4-6-10(12(15)16)14-9-5-2-3-7-11(9)20(13,17)18/h2-3,5,7,10,14H,4,6,8H2,1H3,(H,15,16)(H2,13,17,18). The maximum Gasteiger partial charge on any atom is 0.326 e. The van der Waals surface area contributed by atoms with Gasteiger partial charge < -0.3 is 15.2 Å². The summed E-state index contributed by atoms with van der Waals surface area (Å²) in [4.78, 5) is 11.0. The highest BCUT2D eigenvalue weighted by Gasteiger charge is 2.20. The third-order valence-electron chi connectivity index (χ3n) is 2.66. The Bertz CT molecular complexity index is 559. The number of nitrogens with one attached hydrogen (secondary N) is 1. The lowest BCUT2D eigenvalue weighted by Gasteiger charge is -2.17. The molecule has 0 saturated carbocycles. The number of sulfonamides is 1. The fourth-order valence-electron chi connectivity index (χ4n) is 1.71. The van der Waals surface area contributed by atoms with Crippen molar-refractivity contribution in [2.75, 3.05) is 19.0 Å². The third-order valence-corrected chi connectivity index (χ3v) is 3.63. The lowest BCUT2D eigenvalue weighted by molar-refractivity contribution is -0.138. The van der Waals surface area contributed by atoms with Gasteiger partial charge in [0.2, 0.25) is 10.0 Å². The zero-order chi connectivity index (χ0) is 15.2. The number of carboxylic acid groups (broad SMARTS) is 1. The maximum atomic E-state index is 11.4. The number of anilines is 1. The lowest BCUT2D eigenvalue weighted by Crippen LogP contribution is -2.30. The third kappa shape index (κ3) is 4.80. The minimum atomic E-state index is -3.91. The minimum Gasteiger partial charge on any atom is -0.480 e. The summed E-state index contributed by atoms with van der Waals surface area (Å²) in [6.45, 7) is 0.433. The highest BCUT2D eigenvalue weighted by atomic mass is 32.2. The van der Waals surface area contributed by atoms with Gasteiger partial charge >= 0.3 is 5.97 Å². The highest BCUT2D eigenvalue weighted by molar-refractivity contribution is 7.89. The van der Waals surface area contributed by atoms with Gasteiger partial charge in [-0.2, -0.15) is 0 Å². The van der Waals surface area contributed by atoms with Crippen LogP contribution in [-0.2, 0) is 19.6 Å². The Balaban J connectivity index is 2.92. The summed E-state index contributed by atoms with van der Waals surface area (Å²) in [5.41, 5.74) is 0.180.